The molecule has 0 unspecified atom stereocenters. The maximum atomic E-state index is 13.9. The van der Waals surface area contributed by atoms with Crippen LogP contribution in [0.4, 0.5) is 5.69 Å². The second-order valence-electron chi connectivity index (χ2n) is 10.2. The molecule has 192 valence electrons. The van der Waals surface area contributed by atoms with Crippen molar-refractivity contribution in [3.63, 3.8) is 0 Å². The van der Waals surface area contributed by atoms with E-state index >= 15 is 0 Å². The lowest BCUT2D eigenvalue weighted by Crippen LogP contribution is -2.36. The zero-order valence-corrected chi connectivity index (χ0v) is 22.4. The zero-order valence-electron chi connectivity index (χ0n) is 21.7. The molecule has 4 rings (SSSR count). The molecular formula is C29H37ClN4O2. The summed E-state index contributed by atoms with van der Waals surface area (Å²) in [6.45, 7) is 5.95. The molecule has 0 saturated carbocycles. The number of amides is 2. The van der Waals surface area contributed by atoms with E-state index in [1.165, 1.54) is 0 Å². The zero-order chi connectivity index (χ0) is 25.7. The number of nitrogens with zero attached hydrogens (tertiary/aromatic N) is 4. The van der Waals surface area contributed by atoms with E-state index in [-0.39, 0.29) is 11.8 Å². The van der Waals surface area contributed by atoms with Gasteiger partial charge in [0.25, 0.3) is 5.91 Å². The van der Waals surface area contributed by atoms with Crippen molar-refractivity contribution < 1.29 is 9.59 Å². The highest BCUT2D eigenvalue weighted by molar-refractivity contribution is 6.31. The van der Waals surface area contributed by atoms with Crippen molar-refractivity contribution in [1.82, 2.24) is 14.5 Å². The Kier molecular flexibility index (Phi) is 8.68. The molecular weight excluding hydrogens is 472 g/mol. The van der Waals surface area contributed by atoms with Crippen molar-refractivity contribution in [3.05, 3.63) is 58.9 Å². The molecule has 2 amide bonds. The fraction of sp³-hybridized carbons (Fsp3) is 0.483. The van der Waals surface area contributed by atoms with Crippen LogP contribution in [0.5, 0.6) is 0 Å². The van der Waals surface area contributed by atoms with E-state index in [9.17, 15) is 9.59 Å². The Bertz CT molecular complexity index is 1220. The van der Waals surface area contributed by atoms with E-state index in [1.807, 2.05) is 57.8 Å². The smallest absolute Gasteiger partial charge is 0.290 e. The van der Waals surface area contributed by atoms with Crippen molar-refractivity contribution in [2.24, 2.45) is 13.0 Å². The van der Waals surface area contributed by atoms with Crippen LogP contribution in [0.1, 0.15) is 75.0 Å². The fourth-order valence-corrected chi connectivity index (χ4v) is 5.16. The summed E-state index contributed by atoms with van der Waals surface area (Å²) in [4.78, 5) is 35.6. The minimum Gasteiger partial charge on any atom is -0.332 e. The van der Waals surface area contributed by atoms with Crippen LogP contribution in [0.3, 0.4) is 0 Å². The van der Waals surface area contributed by atoms with Gasteiger partial charge in [0.1, 0.15) is 0 Å². The number of rotatable bonds is 3. The summed E-state index contributed by atoms with van der Waals surface area (Å²) in [5, 5.41) is 0.599. The topological polar surface area (TPSA) is 58.4 Å². The molecule has 1 aliphatic rings. The first-order valence-corrected chi connectivity index (χ1v) is 13.5. The van der Waals surface area contributed by atoms with Crippen LogP contribution in [-0.4, -0.2) is 39.4 Å². The Morgan fingerprint density at radius 2 is 1.67 bits per heavy atom. The summed E-state index contributed by atoms with van der Waals surface area (Å²) in [5.74, 6) is 0.743. The van der Waals surface area contributed by atoms with Crippen LogP contribution >= 0.6 is 11.6 Å². The highest BCUT2D eigenvalue weighted by Crippen LogP contribution is 2.27. The van der Waals surface area contributed by atoms with E-state index in [1.54, 1.807) is 6.07 Å². The summed E-state index contributed by atoms with van der Waals surface area (Å²) < 4.78 is 1.85. The summed E-state index contributed by atoms with van der Waals surface area (Å²) >= 11 is 6.17. The molecule has 0 atom stereocenters. The summed E-state index contributed by atoms with van der Waals surface area (Å²) in [5.41, 5.74) is 3.49. The molecule has 0 bridgehead atoms. The lowest BCUT2D eigenvalue weighted by Gasteiger charge is -2.29. The number of hydrogen-bond acceptors (Lipinski definition) is 3. The number of hydrogen-bond donors (Lipinski definition) is 0. The van der Waals surface area contributed by atoms with Gasteiger partial charge in [0.05, 0.1) is 11.0 Å². The first-order chi connectivity index (χ1) is 17.3. The third-order valence-electron chi connectivity index (χ3n) is 6.91. The first kappa shape index (κ1) is 26.2. The summed E-state index contributed by atoms with van der Waals surface area (Å²) in [6, 6.07) is 13.5. The second kappa shape index (κ2) is 11.9. The minimum atomic E-state index is -0.102. The summed E-state index contributed by atoms with van der Waals surface area (Å²) in [6.07, 6.45) is 6.92. The van der Waals surface area contributed by atoms with Gasteiger partial charge in [-0.2, -0.15) is 0 Å². The summed E-state index contributed by atoms with van der Waals surface area (Å²) in [7, 11) is 1.87. The molecule has 36 heavy (non-hydrogen) atoms. The van der Waals surface area contributed by atoms with Crippen molar-refractivity contribution in [1.29, 1.82) is 0 Å². The van der Waals surface area contributed by atoms with E-state index in [4.69, 9.17) is 11.6 Å². The molecule has 2 aromatic carbocycles. The number of para-hydroxylation sites is 1. The van der Waals surface area contributed by atoms with Gasteiger partial charge in [-0.05, 0) is 48.6 Å². The average Bonchev–Trinajstić information content (AvgIpc) is 3.17. The Labute approximate surface area is 219 Å². The maximum Gasteiger partial charge on any atom is 0.290 e. The Morgan fingerprint density at radius 1 is 0.972 bits per heavy atom. The van der Waals surface area contributed by atoms with Gasteiger partial charge in [-0.3, -0.25) is 9.59 Å². The Morgan fingerprint density at radius 3 is 2.42 bits per heavy atom. The number of imidazole rings is 1. The predicted molar refractivity (Wildman–Crippen MR) is 146 cm³/mol. The molecule has 2 heterocycles. The van der Waals surface area contributed by atoms with E-state index in [2.05, 4.69) is 18.8 Å². The molecule has 0 saturated heterocycles. The molecule has 3 aromatic rings. The van der Waals surface area contributed by atoms with Crippen LogP contribution in [0.2, 0.25) is 5.02 Å². The van der Waals surface area contributed by atoms with E-state index in [0.29, 0.717) is 48.3 Å². The monoisotopic (exact) mass is 508 g/mol. The van der Waals surface area contributed by atoms with Crippen LogP contribution < -0.4 is 4.90 Å². The molecule has 0 spiro atoms. The lowest BCUT2D eigenvalue weighted by atomic mass is 10.1. The van der Waals surface area contributed by atoms with Gasteiger partial charge >= 0.3 is 0 Å². The number of benzene rings is 2. The van der Waals surface area contributed by atoms with E-state index in [0.717, 1.165) is 55.3 Å². The molecule has 7 heteroatoms. The number of fused-ring (bicyclic) bond motifs is 2. The van der Waals surface area contributed by atoms with Crippen molar-refractivity contribution in [2.75, 3.05) is 18.0 Å². The quantitative estimate of drug-likeness (QED) is 0.400. The molecule has 6 nitrogen and oxygen atoms in total. The Hall–Kier alpha value is -2.86. The van der Waals surface area contributed by atoms with Gasteiger partial charge in [-0.1, -0.05) is 69.3 Å². The number of aryl methyl sites for hydroxylation is 1. The third kappa shape index (κ3) is 6.09. The molecule has 0 aliphatic carbocycles. The van der Waals surface area contributed by atoms with Gasteiger partial charge in [0.15, 0.2) is 5.82 Å². The number of anilines is 1. The SMILES string of the molecule is CC(C)CC(=O)N1CCCCCCCCN(C(=O)c2nc3cc(Cl)ccc3n2C)Cc2ccccc21. The van der Waals surface area contributed by atoms with Crippen LogP contribution in [-0.2, 0) is 18.4 Å². The number of halogens is 1. The minimum absolute atomic E-state index is 0.102. The van der Waals surface area contributed by atoms with Gasteiger partial charge in [-0.15, -0.1) is 0 Å². The highest BCUT2D eigenvalue weighted by Gasteiger charge is 2.25. The number of carbonyl (C=O) groups excluding carboxylic acids is 2. The first-order valence-electron chi connectivity index (χ1n) is 13.1. The van der Waals surface area contributed by atoms with Gasteiger partial charge in [0, 0.05) is 43.8 Å². The standard InChI is InChI=1S/C29H37ClN4O2/c1-21(2)18-27(35)34-17-11-7-5-4-6-10-16-33(20-22-12-8-9-13-25(22)34)29(36)28-31-24-19-23(30)14-15-26(24)32(28)3/h8-9,12-15,19,21H,4-7,10-11,16-18,20H2,1-3H3. The average molecular weight is 509 g/mol. The normalized spacial score (nSPS) is 15.8. The Balaban J connectivity index is 1.70. The molecule has 0 N–H and O–H groups in total. The second-order valence-corrected chi connectivity index (χ2v) is 10.7. The molecule has 0 radical (unpaired) electrons. The molecule has 0 fully saturated rings. The van der Waals surface area contributed by atoms with Gasteiger partial charge in [-0.25, -0.2) is 4.98 Å². The lowest BCUT2D eigenvalue weighted by molar-refractivity contribution is -0.119. The third-order valence-corrected chi connectivity index (χ3v) is 7.14. The largest absolute Gasteiger partial charge is 0.332 e. The maximum absolute atomic E-state index is 13.9. The van der Waals surface area contributed by atoms with Crippen LogP contribution in [0.25, 0.3) is 11.0 Å². The van der Waals surface area contributed by atoms with E-state index < -0.39 is 0 Å². The van der Waals surface area contributed by atoms with Crippen molar-refractivity contribution >= 4 is 40.1 Å². The van der Waals surface area contributed by atoms with Crippen molar-refractivity contribution in [2.45, 2.75) is 65.3 Å². The molecule has 1 aromatic heterocycles. The van der Waals surface area contributed by atoms with Gasteiger partial charge < -0.3 is 14.4 Å². The van der Waals surface area contributed by atoms with Gasteiger partial charge in [0.2, 0.25) is 5.91 Å². The van der Waals surface area contributed by atoms with Crippen LogP contribution in [0, 0.1) is 5.92 Å². The van der Waals surface area contributed by atoms with Crippen LogP contribution in [0.15, 0.2) is 42.5 Å². The fourth-order valence-electron chi connectivity index (χ4n) is 4.99. The number of aromatic nitrogens is 2. The predicted octanol–water partition coefficient (Wildman–Crippen LogP) is 6.60. The van der Waals surface area contributed by atoms with Crippen molar-refractivity contribution in [3.8, 4) is 0 Å². The highest BCUT2D eigenvalue weighted by atomic mass is 35.5. The number of carbonyl (C=O) groups is 2. The molecule has 1 aliphatic heterocycles.